The van der Waals surface area contributed by atoms with E-state index in [-0.39, 0.29) is 23.9 Å². The van der Waals surface area contributed by atoms with E-state index >= 15 is 0 Å². The van der Waals surface area contributed by atoms with Crippen molar-refractivity contribution in [3.05, 3.63) is 30.3 Å². The molecule has 0 bridgehead atoms. The van der Waals surface area contributed by atoms with Gasteiger partial charge in [-0.05, 0) is 38.3 Å². The number of likely N-dealkylation sites (tertiary alicyclic amines) is 1. The molecule has 0 aliphatic carbocycles. The second-order valence-electron chi connectivity index (χ2n) is 6.64. The molecule has 1 aromatic rings. The summed E-state index contributed by atoms with van der Waals surface area (Å²) in [5.41, 5.74) is 0.829. The second-order valence-corrected chi connectivity index (χ2v) is 6.64. The summed E-state index contributed by atoms with van der Waals surface area (Å²) in [6.45, 7) is 3.80. The third kappa shape index (κ3) is 3.98. The fourth-order valence-electron chi connectivity index (χ4n) is 3.51. The molecule has 7 heteroatoms. The summed E-state index contributed by atoms with van der Waals surface area (Å²) < 4.78 is 5.00. The van der Waals surface area contributed by atoms with E-state index in [0.29, 0.717) is 45.5 Å². The van der Waals surface area contributed by atoms with E-state index in [1.165, 1.54) is 0 Å². The number of ether oxygens (including phenoxy) is 1. The van der Waals surface area contributed by atoms with Crippen LogP contribution in [-0.2, 0) is 14.3 Å². The first-order valence-electron chi connectivity index (χ1n) is 9.18. The molecule has 1 aromatic carbocycles. The first kappa shape index (κ1) is 18.2. The van der Waals surface area contributed by atoms with Crippen molar-refractivity contribution >= 4 is 23.6 Å². The van der Waals surface area contributed by atoms with Crippen LogP contribution in [-0.4, -0.2) is 55.1 Å². The average Bonchev–Trinajstić information content (AvgIpc) is 3.05. The number of rotatable bonds is 4. The number of carbonyl (C=O) groups excluding carboxylic acids is 3. The summed E-state index contributed by atoms with van der Waals surface area (Å²) in [6, 6.07) is 9.41. The Hall–Kier alpha value is -2.57. The largest absolute Gasteiger partial charge is 0.450 e. The number of piperidine rings is 1. The number of nitrogens with zero attached hydrogens (tertiary/aromatic N) is 2. The Morgan fingerprint density at radius 1 is 1.12 bits per heavy atom. The van der Waals surface area contributed by atoms with E-state index in [1.807, 2.05) is 30.3 Å². The highest BCUT2D eigenvalue weighted by molar-refractivity contribution is 6.09. The molecular formula is C19H25N3O4. The van der Waals surface area contributed by atoms with E-state index in [2.05, 4.69) is 5.32 Å². The molecule has 0 radical (unpaired) electrons. The quantitative estimate of drug-likeness (QED) is 0.831. The zero-order valence-corrected chi connectivity index (χ0v) is 15.0. The third-order valence-electron chi connectivity index (χ3n) is 4.96. The van der Waals surface area contributed by atoms with Crippen LogP contribution >= 0.6 is 0 Å². The Morgan fingerprint density at radius 2 is 1.81 bits per heavy atom. The van der Waals surface area contributed by atoms with Crippen LogP contribution in [0.1, 0.15) is 26.2 Å². The predicted octanol–water partition coefficient (Wildman–Crippen LogP) is 1.78. The maximum Gasteiger partial charge on any atom is 0.409 e. The molecule has 140 valence electrons. The molecule has 0 spiro atoms. The predicted molar refractivity (Wildman–Crippen MR) is 96.7 cm³/mol. The molecule has 1 unspecified atom stereocenters. The number of hydrogen-bond acceptors (Lipinski definition) is 4. The van der Waals surface area contributed by atoms with Crippen LogP contribution in [0, 0.1) is 5.92 Å². The van der Waals surface area contributed by atoms with Gasteiger partial charge in [-0.2, -0.15) is 0 Å². The van der Waals surface area contributed by atoms with Gasteiger partial charge >= 0.3 is 6.09 Å². The molecule has 1 N–H and O–H groups in total. The molecule has 0 aromatic heterocycles. The molecule has 2 aliphatic rings. The molecular weight excluding hydrogens is 334 g/mol. The summed E-state index contributed by atoms with van der Waals surface area (Å²) >= 11 is 0. The SMILES string of the molecule is CCOC(=O)N1CCC(NC(=O)C2CCN(c3ccccc3)C2=O)CC1. The van der Waals surface area contributed by atoms with Crippen molar-refractivity contribution in [3.63, 3.8) is 0 Å². The second kappa shape index (κ2) is 8.21. The van der Waals surface area contributed by atoms with E-state index in [0.717, 1.165) is 5.69 Å². The molecule has 2 fully saturated rings. The number of para-hydroxylation sites is 1. The molecule has 3 rings (SSSR count). The zero-order chi connectivity index (χ0) is 18.5. The highest BCUT2D eigenvalue weighted by Crippen LogP contribution is 2.25. The Morgan fingerprint density at radius 3 is 2.46 bits per heavy atom. The van der Waals surface area contributed by atoms with Gasteiger partial charge in [-0.15, -0.1) is 0 Å². The fraction of sp³-hybridized carbons (Fsp3) is 0.526. The zero-order valence-electron chi connectivity index (χ0n) is 15.0. The highest BCUT2D eigenvalue weighted by atomic mass is 16.6. The van der Waals surface area contributed by atoms with Crippen LogP contribution in [0.15, 0.2) is 30.3 Å². The molecule has 2 heterocycles. The summed E-state index contributed by atoms with van der Waals surface area (Å²) in [4.78, 5) is 40.2. The van der Waals surface area contributed by atoms with Gasteiger partial charge in [0, 0.05) is 31.4 Å². The summed E-state index contributed by atoms with van der Waals surface area (Å²) in [6.07, 6.45) is 1.57. The van der Waals surface area contributed by atoms with Crippen LogP contribution in [0.2, 0.25) is 0 Å². The van der Waals surface area contributed by atoms with Crippen LogP contribution in [0.4, 0.5) is 10.5 Å². The van der Waals surface area contributed by atoms with Gasteiger partial charge in [0.2, 0.25) is 11.8 Å². The Kier molecular flexibility index (Phi) is 5.75. The van der Waals surface area contributed by atoms with Crippen molar-refractivity contribution in [2.75, 3.05) is 31.1 Å². The first-order chi connectivity index (χ1) is 12.6. The number of benzene rings is 1. The van der Waals surface area contributed by atoms with Crippen molar-refractivity contribution in [3.8, 4) is 0 Å². The number of nitrogens with one attached hydrogen (secondary N) is 1. The molecule has 1 atom stereocenters. The van der Waals surface area contributed by atoms with Crippen molar-refractivity contribution in [1.29, 1.82) is 0 Å². The number of carbonyl (C=O) groups is 3. The Labute approximate surface area is 153 Å². The van der Waals surface area contributed by atoms with Gasteiger partial charge in [0.25, 0.3) is 0 Å². The lowest BCUT2D eigenvalue weighted by atomic mass is 10.0. The summed E-state index contributed by atoms with van der Waals surface area (Å²) in [5, 5.41) is 2.99. The Balaban J connectivity index is 1.50. The van der Waals surface area contributed by atoms with Crippen molar-refractivity contribution in [2.45, 2.75) is 32.2 Å². The van der Waals surface area contributed by atoms with Crippen LogP contribution in [0.3, 0.4) is 0 Å². The van der Waals surface area contributed by atoms with Crippen LogP contribution in [0.25, 0.3) is 0 Å². The fourth-order valence-corrected chi connectivity index (χ4v) is 3.51. The lowest BCUT2D eigenvalue weighted by Gasteiger charge is -2.32. The van der Waals surface area contributed by atoms with Gasteiger partial charge in [-0.25, -0.2) is 4.79 Å². The average molecular weight is 359 g/mol. The topological polar surface area (TPSA) is 79.0 Å². The number of amides is 3. The van der Waals surface area contributed by atoms with E-state index in [4.69, 9.17) is 4.74 Å². The van der Waals surface area contributed by atoms with Gasteiger partial charge in [0.15, 0.2) is 0 Å². The minimum Gasteiger partial charge on any atom is -0.450 e. The summed E-state index contributed by atoms with van der Waals surface area (Å²) in [7, 11) is 0. The van der Waals surface area contributed by atoms with Gasteiger partial charge in [-0.1, -0.05) is 18.2 Å². The van der Waals surface area contributed by atoms with Gasteiger partial charge < -0.3 is 19.9 Å². The van der Waals surface area contributed by atoms with E-state index in [9.17, 15) is 14.4 Å². The first-order valence-corrected chi connectivity index (χ1v) is 9.18. The van der Waals surface area contributed by atoms with Crippen molar-refractivity contribution in [2.24, 2.45) is 5.92 Å². The minimum atomic E-state index is -0.627. The maximum absolute atomic E-state index is 12.6. The molecule has 7 nitrogen and oxygen atoms in total. The molecule has 3 amide bonds. The van der Waals surface area contributed by atoms with Gasteiger partial charge in [0.1, 0.15) is 5.92 Å². The normalized spacial score (nSPS) is 21.0. The molecule has 2 saturated heterocycles. The third-order valence-corrected chi connectivity index (χ3v) is 4.96. The highest BCUT2D eigenvalue weighted by Gasteiger charge is 2.38. The van der Waals surface area contributed by atoms with E-state index < -0.39 is 5.92 Å². The molecule has 2 aliphatic heterocycles. The maximum atomic E-state index is 12.6. The minimum absolute atomic E-state index is 0.00764. The molecule has 0 saturated carbocycles. The smallest absolute Gasteiger partial charge is 0.409 e. The molecule has 26 heavy (non-hydrogen) atoms. The summed E-state index contributed by atoms with van der Waals surface area (Å²) in [5.74, 6) is -0.973. The van der Waals surface area contributed by atoms with Gasteiger partial charge in [-0.3, -0.25) is 9.59 Å². The van der Waals surface area contributed by atoms with Crippen molar-refractivity contribution < 1.29 is 19.1 Å². The van der Waals surface area contributed by atoms with Crippen LogP contribution in [0.5, 0.6) is 0 Å². The van der Waals surface area contributed by atoms with E-state index in [1.54, 1.807) is 16.7 Å². The standard InChI is InChI=1S/C19H25N3O4/c1-2-26-19(25)21-11-8-14(9-12-21)20-17(23)16-10-13-22(18(16)24)15-6-4-3-5-7-15/h3-7,14,16H,2,8-13H2,1H3,(H,20,23). The monoisotopic (exact) mass is 359 g/mol. The van der Waals surface area contributed by atoms with Crippen LogP contribution < -0.4 is 10.2 Å². The Bertz CT molecular complexity index is 656. The number of hydrogen-bond donors (Lipinski definition) is 1. The van der Waals surface area contributed by atoms with Crippen molar-refractivity contribution in [1.82, 2.24) is 10.2 Å². The number of anilines is 1. The van der Waals surface area contributed by atoms with Gasteiger partial charge in [0.05, 0.1) is 6.61 Å². The lowest BCUT2D eigenvalue weighted by molar-refractivity contribution is -0.132. The lowest BCUT2D eigenvalue weighted by Crippen LogP contribution is -2.48.